The number of halogens is 3. The molecule has 3 nitrogen and oxygen atoms in total. The van der Waals surface area contributed by atoms with Gasteiger partial charge in [0.25, 0.3) is 0 Å². The summed E-state index contributed by atoms with van der Waals surface area (Å²) in [5.41, 5.74) is 2.84. The van der Waals surface area contributed by atoms with Crippen molar-refractivity contribution in [2.75, 3.05) is 12.0 Å². The second-order valence-electron chi connectivity index (χ2n) is 7.15. The molecule has 1 unspecified atom stereocenters. The van der Waals surface area contributed by atoms with Crippen LogP contribution in [-0.4, -0.2) is 12.1 Å². The number of methoxy groups -OCH3 is 1. The van der Waals surface area contributed by atoms with E-state index in [2.05, 4.69) is 9.88 Å². The maximum Gasteiger partial charge on any atom is 0.416 e. The van der Waals surface area contributed by atoms with Crippen LogP contribution < -0.4 is 4.90 Å². The smallest absolute Gasteiger partial charge is 0.416 e. The zero-order valence-electron chi connectivity index (χ0n) is 16.6. The monoisotopic (exact) mass is 410 g/mol. The van der Waals surface area contributed by atoms with Crippen molar-refractivity contribution in [3.05, 3.63) is 101 Å². The van der Waals surface area contributed by atoms with Gasteiger partial charge in [-0.2, -0.15) is 13.2 Å². The molecule has 1 aromatic heterocycles. The Balaban J connectivity index is 1.84. The van der Waals surface area contributed by atoms with Crippen LogP contribution in [0, 0.1) is 0 Å². The highest BCUT2D eigenvalue weighted by atomic mass is 19.4. The van der Waals surface area contributed by atoms with Gasteiger partial charge in [-0.15, -0.1) is 0 Å². The molecule has 0 radical (unpaired) electrons. The maximum atomic E-state index is 13.1. The van der Waals surface area contributed by atoms with Crippen LogP contribution >= 0.6 is 0 Å². The van der Waals surface area contributed by atoms with Crippen LogP contribution in [0.25, 0.3) is 5.76 Å². The minimum Gasteiger partial charge on any atom is -0.496 e. The second-order valence-corrected chi connectivity index (χ2v) is 7.15. The molecule has 0 N–H and O–H groups in total. The number of hydrogen-bond acceptors (Lipinski definition) is 3. The summed E-state index contributed by atoms with van der Waals surface area (Å²) in [6.07, 6.45) is -0.679. The molecule has 0 fully saturated rings. The Morgan fingerprint density at radius 1 is 0.967 bits per heavy atom. The van der Waals surface area contributed by atoms with Crippen molar-refractivity contribution in [1.82, 2.24) is 4.98 Å². The third kappa shape index (κ3) is 3.65. The molecule has 4 rings (SSSR count). The van der Waals surface area contributed by atoms with Gasteiger partial charge in [0.2, 0.25) is 0 Å². The molecule has 0 spiro atoms. The number of para-hydroxylation sites is 1. The van der Waals surface area contributed by atoms with Crippen LogP contribution in [-0.2, 0) is 10.9 Å². The Morgan fingerprint density at radius 3 is 2.30 bits per heavy atom. The summed E-state index contributed by atoms with van der Waals surface area (Å²) in [6, 6.07) is 18.5. The van der Waals surface area contributed by atoms with Gasteiger partial charge in [0.15, 0.2) is 0 Å². The van der Waals surface area contributed by atoms with Gasteiger partial charge in [0.1, 0.15) is 5.76 Å². The van der Waals surface area contributed by atoms with E-state index in [1.807, 2.05) is 55.5 Å². The van der Waals surface area contributed by atoms with Gasteiger partial charge < -0.3 is 9.64 Å². The van der Waals surface area contributed by atoms with Gasteiger partial charge in [0, 0.05) is 17.4 Å². The first-order chi connectivity index (χ1) is 14.4. The number of ether oxygens (including phenoxy) is 1. The Hall–Kier alpha value is -3.28. The van der Waals surface area contributed by atoms with Crippen LogP contribution in [0.15, 0.2) is 79.0 Å². The van der Waals surface area contributed by atoms with Crippen LogP contribution in [0.4, 0.5) is 18.9 Å². The zero-order valence-corrected chi connectivity index (χ0v) is 16.6. The summed E-state index contributed by atoms with van der Waals surface area (Å²) in [5, 5.41) is 0. The van der Waals surface area contributed by atoms with Crippen molar-refractivity contribution >= 4 is 11.4 Å². The van der Waals surface area contributed by atoms with Crippen LogP contribution in [0.3, 0.4) is 0 Å². The number of aromatic nitrogens is 1. The molecule has 2 aromatic carbocycles. The zero-order chi connectivity index (χ0) is 21.3. The predicted molar refractivity (Wildman–Crippen MR) is 111 cm³/mol. The van der Waals surface area contributed by atoms with E-state index in [1.165, 1.54) is 12.1 Å². The molecular formula is C24H21F3N2O. The van der Waals surface area contributed by atoms with E-state index >= 15 is 0 Å². The van der Waals surface area contributed by atoms with Gasteiger partial charge in [-0.25, -0.2) is 0 Å². The molecule has 0 amide bonds. The molecule has 1 aliphatic rings. The highest BCUT2D eigenvalue weighted by molar-refractivity contribution is 5.78. The Morgan fingerprint density at radius 2 is 1.67 bits per heavy atom. The summed E-state index contributed by atoms with van der Waals surface area (Å²) in [5.74, 6) is 0.694. The first-order valence-electron chi connectivity index (χ1n) is 9.62. The number of rotatable bonds is 4. The van der Waals surface area contributed by atoms with Crippen molar-refractivity contribution in [2.24, 2.45) is 0 Å². The lowest BCUT2D eigenvalue weighted by atomic mass is 9.93. The SMILES string of the molecule is COC1=C[C@@H](c2ccc(C(F)(F)F)cc2)N(C(C)c2ccccn2)c2ccccc21. The van der Waals surface area contributed by atoms with Crippen LogP contribution in [0.2, 0.25) is 0 Å². The standard InChI is InChI=1S/C24H21F3N2O/c1-16(20-8-5-6-14-28-20)29-21-9-4-3-7-19(21)23(30-2)15-22(29)17-10-12-18(13-11-17)24(25,26)27/h3-16,22H,1-2H3/t16?,22-/m0/s1. The van der Waals surface area contributed by atoms with Crippen molar-refractivity contribution in [2.45, 2.75) is 25.2 Å². The quantitative estimate of drug-likeness (QED) is 0.497. The molecule has 6 heteroatoms. The topological polar surface area (TPSA) is 25.4 Å². The Labute approximate surface area is 173 Å². The number of nitrogens with zero attached hydrogens (tertiary/aromatic N) is 2. The van der Waals surface area contributed by atoms with Crippen molar-refractivity contribution in [3.63, 3.8) is 0 Å². The number of pyridine rings is 1. The summed E-state index contributed by atoms with van der Waals surface area (Å²) in [4.78, 5) is 6.67. The lowest BCUT2D eigenvalue weighted by molar-refractivity contribution is -0.137. The third-order valence-corrected chi connectivity index (χ3v) is 5.39. The van der Waals surface area contributed by atoms with Crippen molar-refractivity contribution < 1.29 is 17.9 Å². The Kier molecular flexibility index (Phi) is 5.24. The first kappa shape index (κ1) is 20.0. The molecule has 1 aliphatic heterocycles. The number of anilines is 1. The van der Waals surface area contributed by atoms with E-state index in [0.717, 1.165) is 34.6 Å². The summed E-state index contributed by atoms with van der Waals surface area (Å²) < 4.78 is 44.8. The molecule has 0 saturated heterocycles. The van der Waals surface area contributed by atoms with Gasteiger partial charge in [0.05, 0.1) is 30.5 Å². The highest BCUT2D eigenvalue weighted by Crippen LogP contribution is 2.45. The van der Waals surface area contributed by atoms with E-state index in [9.17, 15) is 13.2 Å². The summed E-state index contributed by atoms with van der Waals surface area (Å²) >= 11 is 0. The average Bonchev–Trinajstić information content (AvgIpc) is 2.77. The molecule has 3 aromatic rings. The molecular weight excluding hydrogens is 389 g/mol. The number of hydrogen-bond donors (Lipinski definition) is 0. The number of fused-ring (bicyclic) bond motifs is 1. The first-order valence-corrected chi connectivity index (χ1v) is 9.62. The molecule has 30 heavy (non-hydrogen) atoms. The van der Waals surface area contributed by atoms with Crippen molar-refractivity contribution in [3.8, 4) is 0 Å². The molecule has 0 saturated carbocycles. The fourth-order valence-electron chi connectivity index (χ4n) is 3.89. The minimum atomic E-state index is -4.37. The molecule has 2 atom stereocenters. The highest BCUT2D eigenvalue weighted by Gasteiger charge is 2.34. The van der Waals surface area contributed by atoms with Gasteiger partial charge >= 0.3 is 6.18 Å². The lowest BCUT2D eigenvalue weighted by Gasteiger charge is -2.41. The maximum absolute atomic E-state index is 13.1. The third-order valence-electron chi connectivity index (χ3n) is 5.39. The van der Waals surface area contributed by atoms with E-state index in [0.29, 0.717) is 5.76 Å². The molecule has 0 bridgehead atoms. The Bertz CT molecular complexity index is 1050. The fraction of sp³-hybridized carbons (Fsp3) is 0.208. The number of alkyl halides is 3. The molecule has 2 heterocycles. The van der Waals surface area contributed by atoms with Gasteiger partial charge in [-0.1, -0.05) is 30.3 Å². The second kappa shape index (κ2) is 7.86. The summed E-state index contributed by atoms with van der Waals surface area (Å²) in [7, 11) is 1.60. The van der Waals surface area contributed by atoms with E-state index in [1.54, 1.807) is 13.3 Å². The minimum absolute atomic E-state index is 0.116. The van der Waals surface area contributed by atoms with E-state index < -0.39 is 11.7 Å². The van der Waals surface area contributed by atoms with Crippen LogP contribution in [0.5, 0.6) is 0 Å². The lowest BCUT2D eigenvalue weighted by Crippen LogP contribution is -2.34. The van der Waals surface area contributed by atoms with E-state index in [-0.39, 0.29) is 12.1 Å². The van der Waals surface area contributed by atoms with Gasteiger partial charge in [-0.3, -0.25) is 4.98 Å². The summed E-state index contributed by atoms with van der Waals surface area (Å²) in [6.45, 7) is 2.04. The van der Waals surface area contributed by atoms with E-state index in [4.69, 9.17) is 4.74 Å². The predicted octanol–water partition coefficient (Wildman–Crippen LogP) is 6.41. The molecule has 0 aliphatic carbocycles. The molecule has 154 valence electrons. The fourth-order valence-corrected chi connectivity index (χ4v) is 3.89. The largest absolute Gasteiger partial charge is 0.496 e. The van der Waals surface area contributed by atoms with Crippen LogP contribution in [0.1, 0.15) is 41.4 Å². The number of benzene rings is 2. The average molecular weight is 410 g/mol. The van der Waals surface area contributed by atoms with Crippen molar-refractivity contribution in [1.29, 1.82) is 0 Å². The normalized spacial score (nSPS) is 17.2. The van der Waals surface area contributed by atoms with Gasteiger partial charge in [-0.05, 0) is 55.0 Å².